The minimum atomic E-state index is -0.356. The maximum absolute atomic E-state index is 12.5. The van der Waals surface area contributed by atoms with E-state index in [2.05, 4.69) is 16.7 Å². The molecule has 0 spiro atoms. The first kappa shape index (κ1) is 21.2. The van der Waals surface area contributed by atoms with Gasteiger partial charge in [0.2, 0.25) is 5.91 Å². The fourth-order valence-corrected chi connectivity index (χ4v) is 5.82. The number of aromatic nitrogens is 1. The van der Waals surface area contributed by atoms with Gasteiger partial charge in [0, 0.05) is 23.2 Å². The summed E-state index contributed by atoms with van der Waals surface area (Å²) in [5.41, 5.74) is 3.68. The fraction of sp³-hybridized carbons (Fsp3) is 0.320. The predicted molar refractivity (Wildman–Crippen MR) is 132 cm³/mol. The third-order valence-electron chi connectivity index (χ3n) is 6.66. The molecular weight excluding hydrogens is 452 g/mol. The van der Waals surface area contributed by atoms with E-state index in [9.17, 15) is 14.4 Å². The molecule has 9 heteroatoms. The van der Waals surface area contributed by atoms with Gasteiger partial charge in [0.25, 0.3) is 5.56 Å². The van der Waals surface area contributed by atoms with Gasteiger partial charge in [-0.25, -0.2) is 4.79 Å². The molecule has 1 saturated heterocycles. The summed E-state index contributed by atoms with van der Waals surface area (Å²) in [6, 6.07) is 15.4. The van der Waals surface area contributed by atoms with Crippen LogP contribution in [-0.2, 0) is 16.1 Å². The molecule has 1 unspecified atom stereocenters. The molecule has 2 amide bonds. The smallest absolute Gasteiger partial charge is 0.414 e. The van der Waals surface area contributed by atoms with Crippen LogP contribution in [0.3, 0.4) is 0 Å². The van der Waals surface area contributed by atoms with Gasteiger partial charge >= 0.3 is 6.09 Å². The lowest BCUT2D eigenvalue weighted by molar-refractivity contribution is -0.113. The number of hydrogen-bond acceptors (Lipinski definition) is 6. The molecule has 2 N–H and O–H groups in total. The first-order chi connectivity index (χ1) is 16.6. The van der Waals surface area contributed by atoms with E-state index in [1.54, 1.807) is 11.0 Å². The number of nitrogens with one attached hydrogen (secondary N) is 2. The summed E-state index contributed by atoms with van der Waals surface area (Å²) in [4.78, 5) is 39.1. The highest BCUT2D eigenvalue weighted by atomic mass is 32.2. The van der Waals surface area contributed by atoms with Crippen LogP contribution >= 0.6 is 11.8 Å². The number of anilines is 2. The molecular formula is C25H24N4O4S. The summed E-state index contributed by atoms with van der Waals surface area (Å²) < 4.78 is 7.45. The molecule has 1 aromatic heterocycles. The van der Waals surface area contributed by atoms with E-state index < -0.39 is 0 Å². The Morgan fingerprint density at radius 3 is 2.91 bits per heavy atom. The summed E-state index contributed by atoms with van der Waals surface area (Å²) >= 11 is 1.50. The molecule has 2 atom stereocenters. The van der Waals surface area contributed by atoms with Crippen molar-refractivity contribution in [3.8, 4) is 0 Å². The highest BCUT2D eigenvalue weighted by molar-refractivity contribution is 8.00. The van der Waals surface area contributed by atoms with Crippen LogP contribution < -0.4 is 21.1 Å². The molecule has 0 saturated carbocycles. The average molecular weight is 477 g/mol. The monoisotopic (exact) mass is 476 g/mol. The second kappa shape index (κ2) is 8.48. The van der Waals surface area contributed by atoms with E-state index in [0.29, 0.717) is 18.8 Å². The number of benzene rings is 2. The topological polar surface area (TPSA) is 92.7 Å². The van der Waals surface area contributed by atoms with Gasteiger partial charge in [-0.2, -0.15) is 0 Å². The summed E-state index contributed by atoms with van der Waals surface area (Å²) in [5, 5.41) is 7.53. The van der Waals surface area contributed by atoms with Crippen LogP contribution in [-0.4, -0.2) is 41.5 Å². The molecule has 174 valence electrons. The van der Waals surface area contributed by atoms with Gasteiger partial charge in [-0.1, -0.05) is 18.2 Å². The summed E-state index contributed by atoms with van der Waals surface area (Å²) in [7, 11) is 0. The maximum Gasteiger partial charge on any atom is 0.414 e. The van der Waals surface area contributed by atoms with Crippen molar-refractivity contribution >= 4 is 46.0 Å². The van der Waals surface area contributed by atoms with E-state index in [4.69, 9.17) is 4.74 Å². The number of hydrogen-bond donors (Lipinski definition) is 2. The first-order valence-electron chi connectivity index (χ1n) is 11.5. The van der Waals surface area contributed by atoms with Crippen LogP contribution in [0.2, 0.25) is 0 Å². The van der Waals surface area contributed by atoms with Crippen molar-refractivity contribution in [2.24, 2.45) is 0 Å². The lowest BCUT2D eigenvalue weighted by Crippen LogP contribution is -2.27. The van der Waals surface area contributed by atoms with Gasteiger partial charge in [-0.05, 0) is 54.6 Å². The number of thioether (sulfide) groups is 1. The van der Waals surface area contributed by atoms with Gasteiger partial charge in [0.05, 0.1) is 29.5 Å². The number of carbonyl (C=O) groups is 2. The molecule has 0 aliphatic carbocycles. The van der Waals surface area contributed by atoms with Gasteiger partial charge in [0.1, 0.15) is 6.10 Å². The van der Waals surface area contributed by atoms with E-state index >= 15 is 0 Å². The van der Waals surface area contributed by atoms with Crippen molar-refractivity contribution in [3.05, 3.63) is 64.4 Å². The molecule has 0 bridgehead atoms. The first-order valence-corrected chi connectivity index (χ1v) is 12.5. The number of nitrogens with zero attached hydrogens (tertiary/aromatic N) is 2. The Kier molecular flexibility index (Phi) is 5.30. The van der Waals surface area contributed by atoms with Crippen molar-refractivity contribution in [2.45, 2.75) is 36.4 Å². The van der Waals surface area contributed by atoms with Gasteiger partial charge in [-0.3, -0.25) is 14.5 Å². The third kappa shape index (κ3) is 3.74. The zero-order chi connectivity index (χ0) is 23.2. The molecule has 3 aliphatic heterocycles. The quantitative estimate of drug-likeness (QED) is 0.529. The predicted octanol–water partition coefficient (Wildman–Crippen LogP) is 3.50. The Morgan fingerprint density at radius 2 is 2.00 bits per heavy atom. The molecule has 0 radical (unpaired) electrons. The number of pyridine rings is 1. The zero-order valence-corrected chi connectivity index (χ0v) is 19.3. The normalized spacial score (nSPS) is 21.0. The largest absolute Gasteiger partial charge is 0.444 e. The van der Waals surface area contributed by atoms with Crippen LogP contribution in [0.4, 0.5) is 16.2 Å². The second-order valence-electron chi connectivity index (χ2n) is 8.85. The molecule has 3 aliphatic rings. The Labute approximate surface area is 200 Å². The minimum Gasteiger partial charge on any atom is -0.444 e. The van der Waals surface area contributed by atoms with E-state index in [1.165, 1.54) is 11.8 Å². The molecule has 1 fully saturated rings. The molecule has 34 heavy (non-hydrogen) atoms. The second-order valence-corrected chi connectivity index (χ2v) is 9.87. The summed E-state index contributed by atoms with van der Waals surface area (Å²) in [6.45, 7) is 1.89. The number of ether oxygens (including phenoxy) is 1. The lowest BCUT2D eigenvalue weighted by atomic mass is 10.1. The Hall–Kier alpha value is -3.30. The van der Waals surface area contributed by atoms with Crippen molar-refractivity contribution < 1.29 is 14.3 Å². The SMILES string of the molecule is O=C1CSc2ccc(N3C[C@@H](CCCNC4Cn5c(=O)ccc6cccc4c65)OC3=O)cc2N1. The summed E-state index contributed by atoms with van der Waals surface area (Å²) in [6.07, 6.45) is 1.06. The zero-order valence-electron chi connectivity index (χ0n) is 18.5. The summed E-state index contributed by atoms with van der Waals surface area (Å²) in [5.74, 6) is 0.378. The molecule has 6 rings (SSSR count). The minimum absolute atomic E-state index is 0.0301. The maximum atomic E-state index is 12.5. The van der Waals surface area contributed by atoms with Crippen molar-refractivity contribution in [3.63, 3.8) is 0 Å². The number of amides is 2. The highest BCUT2D eigenvalue weighted by Crippen LogP contribution is 2.36. The Balaban J connectivity index is 1.05. The van der Waals surface area contributed by atoms with Gasteiger partial charge in [0.15, 0.2) is 0 Å². The van der Waals surface area contributed by atoms with E-state index in [-0.39, 0.29) is 29.7 Å². The van der Waals surface area contributed by atoms with Gasteiger partial charge < -0.3 is 19.9 Å². The number of carbonyl (C=O) groups excluding carboxylic acids is 2. The van der Waals surface area contributed by atoms with Crippen molar-refractivity contribution in [1.82, 2.24) is 9.88 Å². The lowest BCUT2D eigenvalue weighted by Gasteiger charge is -2.20. The third-order valence-corrected chi connectivity index (χ3v) is 7.73. The van der Waals surface area contributed by atoms with E-state index in [0.717, 1.165) is 52.1 Å². The van der Waals surface area contributed by atoms with Crippen molar-refractivity contribution in [2.75, 3.05) is 29.1 Å². The van der Waals surface area contributed by atoms with Crippen LogP contribution in [0.1, 0.15) is 24.4 Å². The fourth-order valence-electron chi connectivity index (χ4n) is 5.03. The van der Waals surface area contributed by atoms with Crippen LogP contribution in [0.25, 0.3) is 10.9 Å². The molecule has 2 aromatic carbocycles. The molecule has 4 heterocycles. The standard InChI is InChI=1S/C25H24N4O4S/c30-22-14-34-21-8-7-16(11-19(21)27-22)28-12-17(33-25(28)32)4-2-10-26-20-13-29-23(31)9-6-15-3-1-5-18(20)24(15)29/h1,3,5-9,11,17,20,26H,2,4,10,12-14H2,(H,27,30)/t17-,20?/m1/s1. The van der Waals surface area contributed by atoms with E-state index in [1.807, 2.05) is 41.0 Å². The van der Waals surface area contributed by atoms with Crippen LogP contribution in [0.15, 0.2) is 58.2 Å². The van der Waals surface area contributed by atoms with Crippen LogP contribution in [0, 0.1) is 0 Å². The van der Waals surface area contributed by atoms with Crippen molar-refractivity contribution in [1.29, 1.82) is 0 Å². The number of fused-ring (bicyclic) bond motifs is 1. The molecule has 3 aromatic rings. The number of cyclic esters (lactones) is 1. The number of para-hydroxylation sites is 1. The molecule has 8 nitrogen and oxygen atoms in total. The highest BCUT2D eigenvalue weighted by Gasteiger charge is 2.33. The Bertz CT molecular complexity index is 1370. The average Bonchev–Trinajstić information content (AvgIpc) is 3.40. The van der Waals surface area contributed by atoms with Crippen LogP contribution in [0.5, 0.6) is 0 Å². The van der Waals surface area contributed by atoms with Gasteiger partial charge in [-0.15, -0.1) is 11.8 Å². The Morgan fingerprint density at radius 1 is 1.09 bits per heavy atom. The number of rotatable bonds is 6.